The number of nitrogens with zero attached hydrogens (tertiary/aromatic N) is 2. The summed E-state index contributed by atoms with van der Waals surface area (Å²) in [6.45, 7) is 4.69. The Morgan fingerprint density at radius 2 is 2.17 bits per heavy atom. The maximum atomic E-state index is 12.0. The molecule has 1 aliphatic rings. The third kappa shape index (κ3) is 3.64. The molecule has 1 N–H and O–H groups in total. The summed E-state index contributed by atoms with van der Waals surface area (Å²) in [5.74, 6) is 0.760. The van der Waals surface area contributed by atoms with E-state index in [0.717, 1.165) is 25.1 Å². The highest BCUT2D eigenvalue weighted by atomic mass is 16.7. The Morgan fingerprint density at radius 1 is 1.35 bits per heavy atom. The third-order valence-corrected chi connectivity index (χ3v) is 3.90. The largest absolute Gasteiger partial charge is 0.449 e. The number of aryl methyl sites for hydroxylation is 1. The van der Waals surface area contributed by atoms with Crippen LogP contribution in [0.15, 0.2) is 36.9 Å². The van der Waals surface area contributed by atoms with E-state index in [1.165, 1.54) is 0 Å². The Hall–Kier alpha value is -2.50. The van der Waals surface area contributed by atoms with Gasteiger partial charge in [-0.1, -0.05) is 6.92 Å². The van der Waals surface area contributed by atoms with Gasteiger partial charge in [-0.05, 0) is 18.6 Å². The number of hydrogen-bond acceptors (Lipinski definition) is 4. The number of imidazole rings is 1. The van der Waals surface area contributed by atoms with E-state index in [9.17, 15) is 4.79 Å². The zero-order valence-electron chi connectivity index (χ0n) is 13.4. The molecule has 0 unspecified atom stereocenters. The maximum absolute atomic E-state index is 12.0. The second-order valence-electron chi connectivity index (χ2n) is 5.81. The highest BCUT2D eigenvalue weighted by Crippen LogP contribution is 2.42. The molecule has 1 amide bonds. The molecule has 1 aromatic heterocycles. The lowest BCUT2D eigenvalue weighted by molar-refractivity contribution is -0.116. The van der Waals surface area contributed by atoms with Crippen LogP contribution in [0, 0.1) is 0 Å². The van der Waals surface area contributed by atoms with Crippen LogP contribution in [0.1, 0.15) is 33.1 Å². The minimum absolute atomic E-state index is 0.0118. The first kappa shape index (κ1) is 15.4. The number of nitrogens with one attached hydrogen (secondary N) is 1. The molecule has 2 aromatic rings. The lowest BCUT2D eigenvalue weighted by Crippen LogP contribution is -2.33. The number of ether oxygens (including phenoxy) is 2. The van der Waals surface area contributed by atoms with Crippen LogP contribution >= 0.6 is 0 Å². The van der Waals surface area contributed by atoms with E-state index in [4.69, 9.17) is 9.47 Å². The van der Waals surface area contributed by atoms with Crippen molar-refractivity contribution in [1.29, 1.82) is 0 Å². The number of anilines is 1. The monoisotopic (exact) mass is 315 g/mol. The smallest absolute Gasteiger partial charge is 0.248 e. The highest BCUT2D eigenvalue weighted by Gasteiger charge is 2.34. The molecule has 0 spiro atoms. The van der Waals surface area contributed by atoms with E-state index in [1.807, 2.05) is 42.8 Å². The van der Waals surface area contributed by atoms with Crippen molar-refractivity contribution in [3.8, 4) is 11.5 Å². The summed E-state index contributed by atoms with van der Waals surface area (Å²) in [5.41, 5.74) is 0.723. The first-order chi connectivity index (χ1) is 11.1. The fraction of sp³-hybridized carbons (Fsp3) is 0.412. The molecule has 0 saturated heterocycles. The van der Waals surface area contributed by atoms with Gasteiger partial charge in [-0.3, -0.25) is 4.79 Å². The van der Waals surface area contributed by atoms with Crippen LogP contribution in [0.25, 0.3) is 0 Å². The van der Waals surface area contributed by atoms with Crippen molar-refractivity contribution in [3.63, 3.8) is 0 Å². The van der Waals surface area contributed by atoms with Gasteiger partial charge in [0.2, 0.25) is 11.7 Å². The van der Waals surface area contributed by atoms with Crippen molar-refractivity contribution >= 4 is 11.6 Å². The van der Waals surface area contributed by atoms with Gasteiger partial charge in [-0.15, -0.1) is 0 Å². The van der Waals surface area contributed by atoms with Gasteiger partial charge < -0.3 is 19.4 Å². The summed E-state index contributed by atoms with van der Waals surface area (Å²) in [7, 11) is 0. The third-order valence-electron chi connectivity index (χ3n) is 3.90. The first-order valence-corrected chi connectivity index (χ1v) is 7.86. The predicted octanol–water partition coefficient (Wildman–Crippen LogP) is 3.20. The molecule has 0 saturated carbocycles. The van der Waals surface area contributed by atoms with Gasteiger partial charge in [0.15, 0.2) is 11.5 Å². The van der Waals surface area contributed by atoms with Gasteiger partial charge >= 0.3 is 0 Å². The Labute approximate surface area is 135 Å². The Bertz CT molecular complexity index is 684. The lowest BCUT2D eigenvalue weighted by Gasteiger charge is -2.20. The Kier molecular flexibility index (Phi) is 4.23. The number of amides is 1. The van der Waals surface area contributed by atoms with Crippen molar-refractivity contribution in [3.05, 3.63) is 36.9 Å². The minimum atomic E-state index is -0.615. The molecule has 6 nitrogen and oxygen atoms in total. The molecule has 3 rings (SSSR count). The summed E-state index contributed by atoms with van der Waals surface area (Å²) < 4.78 is 13.5. The van der Waals surface area contributed by atoms with Crippen LogP contribution in [0.3, 0.4) is 0 Å². The molecular formula is C17H21N3O3. The van der Waals surface area contributed by atoms with Crippen LogP contribution in [-0.2, 0) is 11.3 Å². The lowest BCUT2D eigenvalue weighted by atomic mass is 10.2. The van der Waals surface area contributed by atoms with E-state index >= 15 is 0 Å². The SMILES string of the molecule is CC[C@]1(C)Oc2ccc(NC(=O)CCCn3ccnc3)cc2O1. The molecule has 0 radical (unpaired) electrons. The second kappa shape index (κ2) is 6.32. The van der Waals surface area contributed by atoms with Crippen LogP contribution in [0.5, 0.6) is 11.5 Å². The van der Waals surface area contributed by atoms with Crippen molar-refractivity contribution in [2.24, 2.45) is 0 Å². The molecular weight excluding hydrogens is 294 g/mol. The second-order valence-corrected chi connectivity index (χ2v) is 5.81. The predicted molar refractivity (Wildman–Crippen MR) is 86.5 cm³/mol. The molecule has 1 aliphatic heterocycles. The van der Waals surface area contributed by atoms with Gasteiger partial charge in [0.25, 0.3) is 0 Å². The molecule has 6 heteroatoms. The van der Waals surface area contributed by atoms with Crippen molar-refractivity contribution in [2.45, 2.75) is 45.4 Å². The maximum Gasteiger partial charge on any atom is 0.248 e. The van der Waals surface area contributed by atoms with E-state index in [0.29, 0.717) is 17.9 Å². The summed E-state index contributed by atoms with van der Waals surface area (Å²) >= 11 is 0. The van der Waals surface area contributed by atoms with Gasteiger partial charge in [0, 0.05) is 50.5 Å². The highest BCUT2D eigenvalue weighted by molar-refractivity contribution is 5.91. The van der Waals surface area contributed by atoms with Crippen LogP contribution in [0.4, 0.5) is 5.69 Å². The number of fused-ring (bicyclic) bond motifs is 1. The fourth-order valence-corrected chi connectivity index (χ4v) is 2.44. The summed E-state index contributed by atoms with van der Waals surface area (Å²) in [6.07, 6.45) is 7.34. The first-order valence-electron chi connectivity index (χ1n) is 7.86. The molecule has 1 aromatic carbocycles. The summed E-state index contributed by atoms with van der Waals surface area (Å²) in [4.78, 5) is 16.0. The number of hydrogen-bond donors (Lipinski definition) is 1. The Balaban J connectivity index is 1.53. The van der Waals surface area contributed by atoms with Crippen molar-refractivity contribution in [1.82, 2.24) is 9.55 Å². The minimum Gasteiger partial charge on any atom is -0.449 e. The number of benzene rings is 1. The fourth-order valence-electron chi connectivity index (χ4n) is 2.44. The number of rotatable bonds is 6. The topological polar surface area (TPSA) is 65.4 Å². The van der Waals surface area contributed by atoms with Crippen LogP contribution < -0.4 is 14.8 Å². The van der Waals surface area contributed by atoms with Gasteiger partial charge in [-0.25, -0.2) is 4.98 Å². The molecule has 122 valence electrons. The number of aromatic nitrogens is 2. The molecule has 0 fully saturated rings. The van der Waals surface area contributed by atoms with E-state index in [1.54, 1.807) is 12.5 Å². The van der Waals surface area contributed by atoms with Gasteiger partial charge in [-0.2, -0.15) is 0 Å². The van der Waals surface area contributed by atoms with E-state index in [-0.39, 0.29) is 5.91 Å². The summed E-state index contributed by atoms with van der Waals surface area (Å²) in [5, 5.41) is 2.90. The molecule has 1 atom stereocenters. The van der Waals surface area contributed by atoms with E-state index in [2.05, 4.69) is 10.3 Å². The standard InChI is InChI=1S/C17H21N3O3/c1-3-17(2)22-14-7-6-13(11-15(14)23-17)19-16(21)5-4-9-20-10-8-18-12-20/h6-8,10-12H,3-5,9H2,1-2H3,(H,19,21)/t17-/m1/s1. The van der Waals surface area contributed by atoms with Gasteiger partial charge in [0.1, 0.15) is 0 Å². The van der Waals surface area contributed by atoms with Crippen molar-refractivity contribution in [2.75, 3.05) is 5.32 Å². The zero-order valence-corrected chi connectivity index (χ0v) is 13.4. The van der Waals surface area contributed by atoms with Gasteiger partial charge in [0.05, 0.1) is 6.33 Å². The molecule has 23 heavy (non-hydrogen) atoms. The zero-order chi connectivity index (χ0) is 16.3. The molecule has 0 bridgehead atoms. The number of carbonyl (C=O) groups is 1. The normalized spacial score (nSPS) is 18.9. The average molecular weight is 315 g/mol. The average Bonchev–Trinajstić information content (AvgIpc) is 3.14. The van der Waals surface area contributed by atoms with Crippen molar-refractivity contribution < 1.29 is 14.3 Å². The summed E-state index contributed by atoms with van der Waals surface area (Å²) in [6, 6.07) is 5.47. The number of carbonyl (C=O) groups excluding carboxylic acids is 1. The molecule has 0 aliphatic carbocycles. The Morgan fingerprint density at radius 3 is 2.91 bits per heavy atom. The van der Waals surface area contributed by atoms with E-state index < -0.39 is 5.79 Å². The van der Waals surface area contributed by atoms with Crippen LogP contribution in [-0.4, -0.2) is 21.2 Å². The quantitative estimate of drug-likeness (QED) is 0.889. The molecule has 2 heterocycles. The van der Waals surface area contributed by atoms with Crippen LogP contribution in [0.2, 0.25) is 0 Å².